The first-order valence-electron chi connectivity index (χ1n) is 9.40. The second kappa shape index (κ2) is 7.69. The summed E-state index contributed by atoms with van der Waals surface area (Å²) in [5.41, 5.74) is 1.89. The largest absolute Gasteiger partial charge is 0.461 e. The van der Waals surface area contributed by atoms with Crippen molar-refractivity contribution in [3.63, 3.8) is 0 Å². The maximum absolute atomic E-state index is 12.9. The number of para-hydroxylation sites is 1. The van der Waals surface area contributed by atoms with Gasteiger partial charge in [-0.1, -0.05) is 36.7 Å². The van der Waals surface area contributed by atoms with Crippen molar-refractivity contribution >= 4 is 28.5 Å². The van der Waals surface area contributed by atoms with Crippen molar-refractivity contribution in [2.75, 3.05) is 13.1 Å². The molecule has 0 N–H and O–H groups in total. The number of aryl methyl sites for hydroxylation is 1. The third-order valence-electron chi connectivity index (χ3n) is 5.28. The summed E-state index contributed by atoms with van der Waals surface area (Å²) in [6.45, 7) is 3.52. The van der Waals surface area contributed by atoms with Gasteiger partial charge >= 0.3 is 0 Å². The molecule has 140 valence electrons. The molecule has 5 nitrogen and oxygen atoms in total. The summed E-state index contributed by atoms with van der Waals surface area (Å²) in [5, 5.41) is 1.59. The number of rotatable bonds is 4. The summed E-state index contributed by atoms with van der Waals surface area (Å²) in [5.74, 6) is 2.17. The zero-order valence-corrected chi connectivity index (χ0v) is 16.1. The Morgan fingerprint density at radius 1 is 1.22 bits per heavy atom. The fraction of sp³-hybridized carbons (Fsp3) is 0.381. The topological polar surface area (TPSA) is 59.2 Å². The number of benzene rings is 1. The van der Waals surface area contributed by atoms with E-state index in [2.05, 4.69) is 16.9 Å². The molecule has 1 fully saturated rings. The van der Waals surface area contributed by atoms with Gasteiger partial charge in [-0.15, -0.1) is 0 Å². The third kappa shape index (κ3) is 3.69. The maximum Gasteiger partial charge on any atom is 0.227 e. The van der Waals surface area contributed by atoms with Crippen LogP contribution in [0, 0.1) is 0 Å². The van der Waals surface area contributed by atoms with E-state index in [1.54, 1.807) is 12.4 Å². The van der Waals surface area contributed by atoms with Gasteiger partial charge in [-0.3, -0.25) is 4.79 Å². The Kier molecular flexibility index (Phi) is 5.12. The normalized spacial score (nSPS) is 15.4. The van der Waals surface area contributed by atoms with Crippen LogP contribution in [-0.4, -0.2) is 33.9 Å². The number of hydrogen-bond donors (Lipinski definition) is 0. The van der Waals surface area contributed by atoms with Gasteiger partial charge in [-0.25, -0.2) is 9.97 Å². The van der Waals surface area contributed by atoms with Crippen molar-refractivity contribution in [1.82, 2.24) is 14.9 Å². The average molecular weight is 384 g/mol. The number of halogens is 1. The van der Waals surface area contributed by atoms with E-state index in [1.165, 1.54) is 0 Å². The van der Waals surface area contributed by atoms with E-state index in [4.69, 9.17) is 16.0 Å². The first-order valence-corrected chi connectivity index (χ1v) is 9.78. The lowest BCUT2D eigenvalue weighted by atomic mass is 9.95. The zero-order valence-electron chi connectivity index (χ0n) is 15.3. The molecule has 1 aliphatic rings. The first kappa shape index (κ1) is 18.0. The van der Waals surface area contributed by atoms with Crippen LogP contribution >= 0.6 is 11.6 Å². The molecule has 0 bridgehead atoms. The molecule has 0 aliphatic carbocycles. The monoisotopic (exact) mass is 383 g/mol. The van der Waals surface area contributed by atoms with Gasteiger partial charge in [0.15, 0.2) is 0 Å². The zero-order chi connectivity index (χ0) is 18.8. The molecule has 0 unspecified atom stereocenters. The fourth-order valence-electron chi connectivity index (χ4n) is 3.81. The molecule has 1 aliphatic heterocycles. The number of fused-ring (bicyclic) bond motifs is 1. The second-order valence-corrected chi connectivity index (χ2v) is 7.38. The Labute approximate surface area is 163 Å². The lowest BCUT2D eigenvalue weighted by Crippen LogP contribution is -2.39. The van der Waals surface area contributed by atoms with Crippen LogP contribution in [0.3, 0.4) is 0 Å². The van der Waals surface area contributed by atoms with Crippen LogP contribution in [0.2, 0.25) is 5.02 Å². The minimum Gasteiger partial charge on any atom is -0.461 e. The Morgan fingerprint density at radius 3 is 2.63 bits per heavy atom. The molecule has 27 heavy (non-hydrogen) atoms. The van der Waals surface area contributed by atoms with E-state index < -0.39 is 0 Å². The SMILES string of the molecule is CCc1oc2ccccc2c1CC(=O)N1CCC(c2ncc(Cl)cn2)CC1. The van der Waals surface area contributed by atoms with Crippen molar-refractivity contribution in [3.05, 3.63) is 58.8 Å². The number of piperidine rings is 1. The second-order valence-electron chi connectivity index (χ2n) is 6.94. The minimum atomic E-state index is 0.159. The molecule has 6 heteroatoms. The average Bonchev–Trinajstić information content (AvgIpc) is 3.06. The fourth-order valence-corrected chi connectivity index (χ4v) is 3.91. The van der Waals surface area contributed by atoms with Gasteiger partial charge in [0.1, 0.15) is 17.2 Å². The molecular weight excluding hydrogens is 362 g/mol. The third-order valence-corrected chi connectivity index (χ3v) is 5.48. The van der Waals surface area contributed by atoms with E-state index in [-0.39, 0.29) is 11.8 Å². The number of aromatic nitrogens is 2. The van der Waals surface area contributed by atoms with E-state index in [9.17, 15) is 4.79 Å². The molecule has 3 aromatic rings. The lowest BCUT2D eigenvalue weighted by Gasteiger charge is -2.31. The summed E-state index contributed by atoms with van der Waals surface area (Å²) in [6, 6.07) is 7.94. The number of carbonyl (C=O) groups excluding carboxylic acids is 1. The highest BCUT2D eigenvalue weighted by atomic mass is 35.5. The van der Waals surface area contributed by atoms with Crippen molar-refractivity contribution in [3.8, 4) is 0 Å². The number of hydrogen-bond acceptors (Lipinski definition) is 4. The summed E-state index contributed by atoms with van der Waals surface area (Å²) in [4.78, 5) is 23.5. The van der Waals surface area contributed by atoms with E-state index >= 15 is 0 Å². The van der Waals surface area contributed by atoms with Crippen LogP contribution in [0.4, 0.5) is 0 Å². The highest BCUT2D eigenvalue weighted by Crippen LogP contribution is 2.29. The predicted octanol–water partition coefficient (Wildman–Crippen LogP) is 4.39. The summed E-state index contributed by atoms with van der Waals surface area (Å²) >= 11 is 5.86. The smallest absolute Gasteiger partial charge is 0.227 e. The summed E-state index contributed by atoms with van der Waals surface area (Å²) < 4.78 is 5.92. The standard InChI is InChI=1S/C21H22ClN3O2/c1-2-18-17(16-5-3-4-6-19(16)27-18)11-20(26)25-9-7-14(8-10-25)21-23-12-15(22)13-24-21/h3-6,12-14H,2,7-11H2,1H3. The predicted molar refractivity (Wildman–Crippen MR) is 105 cm³/mol. The van der Waals surface area contributed by atoms with Crippen LogP contribution in [-0.2, 0) is 17.6 Å². The number of carbonyl (C=O) groups is 1. The summed E-state index contributed by atoms with van der Waals surface area (Å²) in [6.07, 6.45) is 6.20. The highest BCUT2D eigenvalue weighted by molar-refractivity contribution is 6.30. The van der Waals surface area contributed by atoms with Gasteiger partial charge in [0.25, 0.3) is 0 Å². The van der Waals surface area contributed by atoms with E-state index in [0.29, 0.717) is 11.4 Å². The van der Waals surface area contributed by atoms with Crippen molar-refractivity contribution in [2.24, 2.45) is 0 Å². The van der Waals surface area contributed by atoms with Crippen LogP contribution < -0.4 is 0 Å². The first-order chi connectivity index (χ1) is 13.2. The van der Waals surface area contributed by atoms with Gasteiger partial charge in [0.2, 0.25) is 5.91 Å². The van der Waals surface area contributed by atoms with Gasteiger partial charge in [0.05, 0.1) is 11.4 Å². The van der Waals surface area contributed by atoms with Crippen molar-refractivity contribution < 1.29 is 9.21 Å². The summed E-state index contributed by atoms with van der Waals surface area (Å²) in [7, 11) is 0. The molecule has 1 aromatic carbocycles. The molecule has 4 rings (SSSR count). The number of nitrogens with zero attached hydrogens (tertiary/aromatic N) is 3. The Balaban J connectivity index is 1.44. The van der Waals surface area contributed by atoms with Crippen LogP contribution in [0.1, 0.15) is 42.8 Å². The minimum absolute atomic E-state index is 0.159. The van der Waals surface area contributed by atoms with Crippen molar-refractivity contribution in [1.29, 1.82) is 0 Å². The highest BCUT2D eigenvalue weighted by Gasteiger charge is 2.26. The lowest BCUT2D eigenvalue weighted by molar-refractivity contribution is -0.131. The maximum atomic E-state index is 12.9. The number of amides is 1. The molecule has 0 spiro atoms. The molecule has 0 atom stereocenters. The molecule has 0 saturated carbocycles. The molecular formula is C21H22ClN3O2. The molecule has 1 saturated heterocycles. The van der Waals surface area contributed by atoms with Crippen LogP contribution in [0.15, 0.2) is 41.1 Å². The van der Waals surface area contributed by atoms with Gasteiger partial charge in [-0.2, -0.15) is 0 Å². The quantitative estimate of drug-likeness (QED) is 0.670. The molecule has 2 aromatic heterocycles. The Bertz CT molecular complexity index is 944. The van der Waals surface area contributed by atoms with Crippen LogP contribution in [0.5, 0.6) is 0 Å². The van der Waals surface area contributed by atoms with Gasteiger partial charge in [-0.05, 0) is 18.9 Å². The van der Waals surface area contributed by atoms with Crippen LogP contribution in [0.25, 0.3) is 11.0 Å². The van der Waals surface area contributed by atoms with E-state index in [1.807, 2.05) is 29.2 Å². The molecule has 1 amide bonds. The van der Waals surface area contributed by atoms with Crippen molar-refractivity contribution in [2.45, 2.75) is 38.5 Å². The van der Waals surface area contributed by atoms with Gasteiger partial charge in [0, 0.05) is 48.8 Å². The Hall–Kier alpha value is -2.40. The molecule has 0 radical (unpaired) electrons. The van der Waals surface area contributed by atoms with E-state index in [0.717, 1.165) is 60.5 Å². The number of furan rings is 1. The van der Waals surface area contributed by atoms with Gasteiger partial charge < -0.3 is 9.32 Å². The molecule has 3 heterocycles. The Morgan fingerprint density at radius 2 is 1.93 bits per heavy atom. The number of likely N-dealkylation sites (tertiary alicyclic amines) is 1.